The van der Waals surface area contributed by atoms with E-state index in [-0.39, 0.29) is 11.9 Å². The predicted octanol–water partition coefficient (Wildman–Crippen LogP) is 5.23. The number of carbonyl (C=O) groups is 1. The molecule has 4 rings (SSSR count). The largest absolute Gasteiger partial charge is 0.459 e. The summed E-state index contributed by atoms with van der Waals surface area (Å²) >= 11 is 7.75. The molecule has 1 atom stereocenters. The third-order valence-electron chi connectivity index (χ3n) is 5.02. The van der Waals surface area contributed by atoms with Gasteiger partial charge in [-0.1, -0.05) is 30.7 Å². The predicted molar refractivity (Wildman–Crippen MR) is 116 cm³/mol. The number of nitrogens with one attached hydrogen (secondary N) is 1. The van der Waals surface area contributed by atoms with Crippen molar-refractivity contribution < 1.29 is 13.9 Å². The normalized spacial score (nSPS) is 15.9. The number of anilines is 1. The number of carbonyl (C=O) groups excluding carboxylic acids is 1. The molecular formula is C22H23ClN2O3S. The second-order valence-electron chi connectivity index (χ2n) is 6.88. The van der Waals surface area contributed by atoms with Gasteiger partial charge in [0.2, 0.25) is 0 Å². The minimum atomic E-state index is -0.238. The standard InChI is InChI=1S/C22H23ClN2O3S/c1-2-17-14-18(22(29-17)24-21(26)19-4-3-11-28-19)20(25-9-12-27-13-10-25)15-5-7-16(23)8-6-15/h3-8,11,14,20H,2,9-10,12-13H2,1H3,(H,24,26)/t20-/m1/s1. The van der Waals surface area contributed by atoms with Gasteiger partial charge in [-0.05, 0) is 42.3 Å². The molecule has 1 saturated heterocycles. The van der Waals surface area contributed by atoms with Crippen LogP contribution in [0.1, 0.15) is 39.5 Å². The summed E-state index contributed by atoms with van der Waals surface area (Å²) < 4.78 is 10.8. The molecule has 5 nitrogen and oxygen atoms in total. The number of hydrogen-bond donors (Lipinski definition) is 1. The molecule has 0 unspecified atom stereocenters. The lowest BCUT2D eigenvalue weighted by Crippen LogP contribution is -2.39. The Labute approximate surface area is 179 Å². The topological polar surface area (TPSA) is 54.7 Å². The molecule has 3 heterocycles. The van der Waals surface area contributed by atoms with Crippen molar-refractivity contribution in [3.63, 3.8) is 0 Å². The smallest absolute Gasteiger partial charge is 0.291 e. The Balaban J connectivity index is 1.73. The summed E-state index contributed by atoms with van der Waals surface area (Å²) in [7, 11) is 0. The maximum absolute atomic E-state index is 12.7. The molecule has 2 aromatic heterocycles. The van der Waals surface area contributed by atoms with Crippen molar-refractivity contribution in [3.8, 4) is 0 Å². The first-order chi connectivity index (χ1) is 14.2. The van der Waals surface area contributed by atoms with Crippen molar-refractivity contribution >= 4 is 33.8 Å². The van der Waals surface area contributed by atoms with Crippen LogP contribution in [0.4, 0.5) is 5.00 Å². The number of nitrogens with zero attached hydrogens (tertiary/aromatic N) is 1. The van der Waals surface area contributed by atoms with Crippen molar-refractivity contribution in [2.75, 3.05) is 31.6 Å². The number of aryl methyl sites for hydroxylation is 1. The van der Waals surface area contributed by atoms with Crippen molar-refractivity contribution in [2.24, 2.45) is 0 Å². The van der Waals surface area contributed by atoms with Gasteiger partial charge in [-0.3, -0.25) is 9.69 Å². The van der Waals surface area contributed by atoms with E-state index in [0.29, 0.717) is 24.0 Å². The van der Waals surface area contributed by atoms with Crippen LogP contribution in [0.25, 0.3) is 0 Å². The summed E-state index contributed by atoms with van der Waals surface area (Å²) in [5, 5.41) is 4.64. The van der Waals surface area contributed by atoms with Crippen molar-refractivity contribution in [2.45, 2.75) is 19.4 Å². The molecule has 1 amide bonds. The van der Waals surface area contributed by atoms with Gasteiger partial charge in [-0.25, -0.2) is 0 Å². The maximum Gasteiger partial charge on any atom is 0.291 e. The van der Waals surface area contributed by atoms with E-state index in [2.05, 4.69) is 35.3 Å². The maximum atomic E-state index is 12.7. The quantitative estimate of drug-likeness (QED) is 0.581. The van der Waals surface area contributed by atoms with Crippen LogP contribution >= 0.6 is 22.9 Å². The molecule has 1 N–H and O–H groups in total. The van der Waals surface area contributed by atoms with Crippen LogP contribution in [0.2, 0.25) is 5.02 Å². The Morgan fingerprint density at radius 3 is 2.66 bits per heavy atom. The highest BCUT2D eigenvalue weighted by Crippen LogP contribution is 2.40. The zero-order valence-electron chi connectivity index (χ0n) is 16.2. The molecule has 7 heteroatoms. The number of hydrogen-bond acceptors (Lipinski definition) is 5. The van der Waals surface area contributed by atoms with E-state index < -0.39 is 0 Å². The molecule has 1 aromatic carbocycles. The number of ether oxygens (including phenoxy) is 1. The van der Waals surface area contributed by atoms with Gasteiger partial charge < -0.3 is 14.5 Å². The zero-order valence-corrected chi connectivity index (χ0v) is 17.8. The van der Waals surface area contributed by atoms with Crippen molar-refractivity contribution in [1.29, 1.82) is 0 Å². The average Bonchev–Trinajstić information content (AvgIpc) is 3.41. The molecule has 0 radical (unpaired) electrons. The van der Waals surface area contributed by atoms with Gasteiger partial charge in [0.05, 0.1) is 25.5 Å². The monoisotopic (exact) mass is 430 g/mol. The molecule has 1 aliphatic rings. The molecule has 1 aliphatic heterocycles. The van der Waals surface area contributed by atoms with Crippen molar-refractivity contribution in [3.05, 3.63) is 75.5 Å². The fourth-order valence-electron chi connectivity index (χ4n) is 3.57. The van der Waals surface area contributed by atoms with Crippen LogP contribution in [0.5, 0.6) is 0 Å². The molecule has 0 spiro atoms. The fourth-order valence-corrected chi connectivity index (χ4v) is 4.72. The Bertz CT molecular complexity index is 947. The van der Waals surface area contributed by atoms with Gasteiger partial charge in [-0.15, -0.1) is 11.3 Å². The van der Waals surface area contributed by atoms with E-state index in [9.17, 15) is 4.79 Å². The van der Waals surface area contributed by atoms with E-state index in [0.717, 1.165) is 35.6 Å². The summed E-state index contributed by atoms with van der Waals surface area (Å²) in [5.74, 6) is 0.0643. The molecule has 0 aliphatic carbocycles. The third kappa shape index (κ3) is 4.56. The zero-order chi connectivity index (χ0) is 20.2. The van der Waals surface area contributed by atoms with Gasteiger partial charge in [0.15, 0.2) is 5.76 Å². The lowest BCUT2D eigenvalue weighted by molar-refractivity contribution is 0.0241. The van der Waals surface area contributed by atoms with Crippen LogP contribution in [0.15, 0.2) is 53.1 Å². The Morgan fingerprint density at radius 1 is 1.24 bits per heavy atom. The van der Waals surface area contributed by atoms with Crippen LogP contribution in [0.3, 0.4) is 0 Å². The molecule has 0 saturated carbocycles. The molecular weight excluding hydrogens is 408 g/mol. The number of amides is 1. The van der Waals surface area contributed by atoms with Crippen molar-refractivity contribution in [1.82, 2.24) is 4.90 Å². The van der Waals surface area contributed by atoms with E-state index in [4.69, 9.17) is 20.8 Å². The number of thiophene rings is 1. The summed E-state index contributed by atoms with van der Waals surface area (Å²) in [5.41, 5.74) is 2.24. The van der Waals surface area contributed by atoms with E-state index in [1.165, 1.54) is 11.1 Å². The van der Waals surface area contributed by atoms with E-state index >= 15 is 0 Å². The van der Waals surface area contributed by atoms with E-state index in [1.54, 1.807) is 23.5 Å². The van der Waals surface area contributed by atoms with Gasteiger partial charge in [0, 0.05) is 28.6 Å². The van der Waals surface area contributed by atoms with E-state index in [1.807, 2.05) is 12.1 Å². The summed E-state index contributed by atoms with van der Waals surface area (Å²) in [6.07, 6.45) is 2.41. The minimum absolute atomic E-state index is 0.0135. The van der Waals surface area contributed by atoms with Gasteiger partial charge in [0.25, 0.3) is 5.91 Å². The van der Waals surface area contributed by atoms with Crippen LogP contribution in [-0.2, 0) is 11.2 Å². The highest BCUT2D eigenvalue weighted by Gasteiger charge is 2.29. The van der Waals surface area contributed by atoms with Crippen LogP contribution < -0.4 is 5.32 Å². The summed E-state index contributed by atoms with van der Waals surface area (Å²) in [6.45, 7) is 5.18. The summed E-state index contributed by atoms with van der Waals surface area (Å²) in [6, 6.07) is 13.6. The summed E-state index contributed by atoms with van der Waals surface area (Å²) in [4.78, 5) is 16.3. The molecule has 1 fully saturated rings. The van der Waals surface area contributed by atoms with Gasteiger partial charge in [-0.2, -0.15) is 0 Å². The second-order valence-corrected chi connectivity index (χ2v) is 8.46. The molecule has 152 valence electrons. The molecule has 0 bridgehead atoms. The first-order valence-electron chi connectivity index (χ1n) is 9.70. The highest BCUT2D eigenvalue weighted by molar-refractivity contribution is 7.16. The SMILES string of the molecule is CCc1cc([C@@H](c2ccc(Cl)cc2)N2CCOCC2)c(NC(=O)c2ccco2)s1. The lowest BCUT2D eigenvalue weighted by atomic mass is 9.97. The van der Waals surface area contributed by atoms with Crippen LogP contribution in [-0.4, -0.2) is 37.1 Å². The Kier molecular flexibility index (Phi) is 6.35. The number of morpholine rings is 1. The number of benzene rings is 1. The number of halogens is 1. The minimum Gasteiger partial charge on any atom is -0.459 e. The van der Waals surface area contributed by atoms with Gasteiger partial charge in [0.1, 0.15) is 5.00 Å². The Hall–Kier alpha value is -2.12. The fraction of sp³-hybridized carbons (Fsp3) is 0.318. The second kappa shape index (κ2) is 9.13. The van der Waals surface area contributed by atoms with Gasteiger partial charge >= 0.3 is 0 Å². The number of rotatable bonds is 6. The molecule has 3 aromatic rings. The first kappa shape index (κ1) is 20.2. The highest BCUT2D eigenvalue weighted by atomic mass is 35.5. The number of furan rings is 1. The van der Waals surface area contributed by atoms with Crippen LogP contribution in [0, 0.1) is 0 Å². The average molecular weight is 431 g/mol. The first-order valence-corrected chi connectivity index (χ1v) is 10.9. The third-order valence-corrected chi connectivity index (χ3v) is 6.49. The lowest BCUT2D eigenvalue weighted by Gasteiger charge is -2.35. The molecule has 29 heavy (non-hydrogen) atoms. The Morgan fingerprint density at radius 2 is 2.00 bits per heavy atom.